The smallest absolute Gasteiger partial charge is 0.161 e. The molecule has 1 aromatic carbocycles. The van der Waals surface area contributed by atoms with Gasteiger partial charge >= 0.3 is 0 Å². The zero-order valence-electron chi connectivity index (χ0n) is 9.26. The monoisotopic (exact) mass is 226 g/mol. The van der Waals surface area contributed by atoms with Crippen LogP contribution in [0, 0.1) is 5.92 Å². The minimum Gasteiger partial charge on any atom is -0.161 e. The number of benzene rings is 1. The molecule has 0 radical (unpaired) electrons. The van der Waals surface area contributed by atoms with E-state index in [0.717, 1.165) is 6.04 Å². The Bertz CT molecular complexity index is 271. The quantitative estimate of drug-likeness (QED) is 0.542. The van der Waals surface area contributed by atoms with Gasteiger partial charge in [0.25, 0.3) is 0 Å². The maximum Gasteiger partial charge on any atom is 0.186 e. The predicted molar refractivity (Wildman–Crippen MR) is 67.8 cm³/mol. The molecule has 0 saturated heterocycles. The Morgan fingerprint density at radius 3 is 2.21 bits per heavy atom. The van der Waals surface area contributed by atoms with Crippen molar-refractivity contribution in [3.05, 3.63) is 30.3 Å². The van der Waals surface area contributed by atoms with Gasteiger partial charge in [-0.15, -0.1) is 0 Å². The van der Waals surface area contributed by atoms with Gasteiger partial charge in [-0.2, -0.15) is 11.1 Å². The van der Waals surface area contributed by atoms with Crippen molar-refractivity contribution in [2.75, 3.05) is 0 Å². The van der Waals surface area contributed by atoms with Gasteiger partial charge in [-0.1, -0.05) is 51.1 Å². The molecule has 0 spiro atoms. The highest BCUT2D eigenvalue weighted by atomic mass is 35.6. The second kappa shape index (κ2) is 4.99. The van der Waals surface area contributed by atoms with Crippen LogP contribution in [0.2, 0.25) is 12.1 Å². The minimum atomic E-state index is -1.69. The fourth-order valence-electron chi connectivity index (χ4n) is 1.85. The Kier molecular flexibility index (Phi) is 4.21. The molecule has 1 unspecified atom stereocenters. The van der Waals surface area contributed by atoms with Crippen LogP contribution in [-0.2, 0) is 0 Å². The highest BCUT2D eigenvalue weighted by molar-refractivity contribution is 7.27. The van der Waals surface area contributed by atoms with Crippen LogP contribution in [0.3, 0.4) is 0 Å². The Labute approximate surface area is 93.0 Å². The molecule has 78 valence electrons. The molecule has 0 aromatic heterocycles. The SMILES string of the molecule is CC[Si](Cl)(CC(C)C)c1ccccc1. The van der Waals surface area contributed by atoms with Crippen molar-refractivity contribution in [1.82, 2.24) is 0 Å². The summed E-state index contributed by atoms with van der Waals surface area (Å²) in [4.78, 5) is 0. The molecule has 2 heteroatoms. The second-order valence-corrected chi connectivity index (χ2v) is 10.1. The van der Waals surface area contributed by atoms with E-state index in [9.17, 15) is 0 Å². The molecule has 0 aliphatic rings. The van der Waals surface area contributed by atoms with Gasteiger partial charge in [0.1, 0.15) is 0 Å². The standard InChI is InChI=1S/C12H19ClSi/c1-4-14(13,10-11(2)3)12-8-6-5-7-9-12/h5-9,11H,4,10H2,1-3H3. The zero-order valence-corrected chi connectivity index (χ0v) is 11.0. The van der Waals surface area contributed by atoms with Crippen molar-refractivity contribution in [1.29, 1.82) is 0 Å². The molecule has 0 heterocycles. The van der Waals surface area contributed by atoms with Gasteiger partial charge in [0.05, 0.1) is 0 Å². The fourth-order valence-corrected chi connectivity index (χ4v) is 6.17. The summed E-state index contributed by atoms with van der Waals surface area (Å²) in [5.41, 5.74) is 0. The second-order valence-electron chi connectivity index (χ2n) is 4.28. The zero-order chi connectivity index (χ0) is 10.6. The first-order valence-electron chi connectivity index (χ1n) is 5.33. The predicted octanol–water partition coefficient (Wildman–Crippen LogP) is 3.75. The summed E-state index contributed by atoms with van der Waals surface area (Å²) >= 11 is 6.78. The lowest BCUT2D eigenvalue weighted by Crippen LogP contribution is -2.42. The third-order valence-corrected chi connectivity index (χ3v) is 8.46. The summed E-state index contributed by atoms with van der Waals surface area (Å²) < 4.78 is 0. The Morgan fingerprint density at radius 1 is 1.21 bits per heavy atom. The number of rotatable bonds is 4. The summed E-state index contributed by atoms with van der Waals surface area (Å²) in [7, 11) is -1.69. The van der Waals surface area contributed by atoms with Gasteiger partial charge in [0.2, 0.25) is 0 Å². The average Bonchev–Trinajstić information content (AvgIpc) is 2.18. The van der Waals surface area contributed by atoms with E-state index in [4.69, 9.17) is 11.1 Å². The molecule has 0 aliphatic carbocycles. The Balaban J connectivity index is 2.90. The molecule has 0 bridgehead atoms. The lowest BCUT2D eigenvalue weighted by atomic mass is 10.3. The maximum absolute atomic E-state index is 6.78. The summed E-state index contributed by atoms with van der Waals surface area (Å²) in [5.74, 6) is 0.694. The Morgan fingerprint density at radius 2 is 1.79 bits per heavy atom. The topological polar surface area (TPSA) is 0 Å². The van der Waals surface area contributed by atoms with Crippen molar-refractivity contribution in [3.8, 4) is 0 Å². The van der Waals surface area contributed by atoms with E-state index in [1.807, 2.05) is 0 Å². The van der Waals surface area contributed by atoms with Crippen molar-refractivity contribution in [2.24, 2.45) is 5.92 Å². The maximum atomic E-state index is 6.78. The van der Waals surface area contributed by atoms with Crippen LogP contribution in [0.15, 0.2) is 30.3 Å². The molecular weight excluding hydrogens is 208 g/mol. The molecule has 0 nitrogen and oxygen atoms in total. The van der Waals surface area contributed by atoms with Crippen LogP contribution < -0.4 is 5.19 Å². The molecule has 1 atom stereocenters. The van der Waals surface area contributed by atoms with Crippen LogP contribution >= 0.6 is 11.1 Å². The fraction of sp³-hybridized carbons (Fsp3) is 0.500. The molecule has 0 fully saturated rings. The van der Waals surface area contributed by atoms with Crippen LogP contribution in [0.1, 0.15) is 20.8 Å². The molecule has 14 heavy (non-hydrogen) atoms. The van der Waals surface area contributed by atoms with E-state index < -0.39 is 7.38 Å². The Hall–Kier alpha value is -0.273. The van der Waals surface area contributed by atoms with Crippen molar-refractivity contribution < 1.29 is 0 Å². The summed E-state index contributed by atoms with van der Waals surface area (Å²) in [6.07, 6.45) is 0. The molecule has 0 N–H and O–H groups in total. The highest BCUT2D eigenvalue weighted by Gasteiger charge is 2.31. The van der Waals surface area contributed by atoms with Crippen molar-refractivity contribution in [3.63, 3.8) is 0 Å². The summed E-state index contributed by atoms with van der Waals surface area (Å²) in [6.45, 7) is 6.72. The van der Waals surface area contributed by atoms with Gasteiger partial charge in [-0.3, -0.25) is 0 Å². The van der Waals surface area contributed by atoms with Gasteiger partial charge in [0, 0.05) is 0 Å². The van der Waals surface area contributed by atoms with Gasteiger partial charge in [-0.25, -0.2) is 0 Å². The summed E-state index contributed by atoms with van der Waals surface area (Å²) in [6, 6.07) is 12.9. The molecular formula is C12H19ClSi. The molecule has 0 saturated carbocycles. The minimum absolute atomic E-state index is 0.694. The van der Waals surface area contributed by atoms with Crippen molar-refractivity contribution >= 4 is 23.6 Å². The number of halogens is 1. The largest absolute Gasteiger partial charge is 0.186 e. The molecule has 1 aromatic rings. The lowest BCUT2D eigenvalue weighted by molar-refractivity contribution is 0.724. The van der Waals surface area contributed by atoms with E-state index in [0.29, 0.717) is 5.92 Å². The molecule has 0 amide bonds. The number of hydrogen-bond acceptors (Lipinski definition) is 0. The van der Waals surface area contributed by atoms with E-state index in [-0.39, 0.29) is 0 Å². The number of hydrogen-bond donors (Lipinski definition) is 0. The van der Waals surface area contributed by atoms with E-state index in [1.54, 1.807) is 0 Å². The molecule has 0 aliphatic heterocycles. The van der Waals surface area contributed by atoms with Gasteiger partial charge in [0.15, 0.2) is 7.38 Å². The third-order valence-electron chi connectivity index (χ3n) is 2.58. The summed E-state index contributed by atoms with van der Waals surface area (Å²) in [5, 5.41) is 1.39. The third kappa shape index (κ3) is 2.86. The highest BCUT2D eigenvalue weighted by Crippen LogP contribution is 2.24. The van der Waals surface area contributed by atoms with E-state index in [2.05, 4.69) is 51.1 Å². The first kappa shape index (κ1) is 11.8. The van der Waals surface area contributed by atoms with Gasteiger partial charge in [-0.05, 0) is 23.2 Å². The van der Waals surface area contributed by atoms with Crippen LogP contribution in [0.5, 0.6) is 0 Å². The lowest BCUT2D eigenvalue weighted by Gasteiger charge is -2.25. The normalized spacial score (nSPS) is 15.5. The van der Waals surface area contributed by atoms with Crippen LogP contribution in [0.4, 0.5) is 0 Å². The van der Waals surface area contributed by atoms with Crippen LogP contribution in [-0.4, -0.2) is 7.38 Å². The van der Waals surface area contributed by atoms with Gasteiger partial charge < -0.3 is 0 Å². The first-order valence-corrected chi connectivity index (χ1v) is 8.75. The average molecular weight is 227 g/mol. The first-order chi connectivity index (χ1) is 6.58. The van der Waals surface area contributed by atoms with Crippen LogP contribution in [0.25, 0.3) is 0 Å². The van der Waals surface area contributed by atoms with E-state index in [1.165, 1.54) is 11.2 Å². The van der Waals surface area contributed by atoms with Crippen molar-refractivity contribution in [2.45, 2.75) is 32.9 Å². The van der Waals surface area contributed by atoms with E-state index >= 15 is 0 Å². The molecule has 1 rings (SSSR count).